The number of rotatable bonds is 1. The summed E-state index contributed by atoms with van der Waals surface area (Å²) in [5.41, 5.74) is 0. The highest BCUT2D eigenvalue weighted by molar-refractivity contribution is 5.75. The highest BCUT2D eigenvalue weighted by Gasteiger charge is 2.27. The molecule has 10 heteroatoms. The van der Waals surface area contributed by atoms with Crippen LogP contribution < -0.4 is 4.74 Å². The molecule has 0 radical (unpaired) electrons. The Bertz CT molecular complexity index is 703. The maximum absolute atomic E-state index is 12.8. The molecule has 23 heavy (non-hydrogen) atoms. The van der Waals surface area contributed by atoms with Crippen molar-refractivity contribution in [2.45, 2.75) is 13.8 Å². The largest absolute Gasteiger partial charge is 0.420 e. The van der Waals surface area contributed by atoms with Crippen LogP contribution in [-0.2, 0) is 4.79 Å². The lowest BCUT2D eigenvalue weighted by molar-refractivity contribution is -0.132. The maximum atomic E-state index is 12.8. The molecule has 0 saturated carbocycles. The molecule has 5 nitrogen and oxygen atoms in total. The fourth-order valence-electron chi connectivity index (χ4n) is 1.26. The third kappa shape index (κ3) is 4.34. The third-order valence-corrected chi connectivity index (χ3v) is 2.28. The summed E-state index contributed by atoms with van der Waals surface area (Å²) < 4.78 is 68.3. The number of imidazole rings is 1. The Morgan fingerprint density at radius 3 is 1.74 bits per heavy atom. The van der Waals surface area contributed by atoms with Crippen molar-refractivity contribution in [3.63, 3.8) is 0 Å². The van der Waals surface area contributed by atoms with E-state index in [0.717, 1.165) is 6.92 Å². The van der Waals surface area contributed by atoms with Gasteiger partial charge in [-0.25, -0.2) is 18.2 Å². The molecule has 0 aliphatic rings. The van der Waals surface area contributed by atoms with E-state index in [4.69, 9.17) is 0 Å². The Morgan fingerprint density at radius 1 is 0.957 bits per heavy atom. The van der Waals surface area contributed by atoms with Crippen LogP contribution in [0, 0.1) is 29.1 Å². The number of carbonyl (C=O) groups is 2. The molecule has 1 heterocycles. The third-order valence-electron chi connectivity index (χ3n) is 2.28. The number of hydrogen-bond acceptors (Lipinski definition) is 4. The zero-order valence-electron chi connectivity index (χ0n) is 11.7. The van der Waals surface area contributed by atoms with Crippen LogP contribution in [-0.4, -0.2) is 21.4 Å². The number of benzene rings is 1. The minimum absolute atomic E-state index is 0.0116. The van der Waals surface area contributed by atoms with E-state index in [1.165, 1.54) is 17.8 Å². The summed E-state index contributed by atoms with van der Waals surface area (Å²) >= 11 is 0. The smallest absolute Gasteiger partial charge is 0.308 e. The molecule has 0 N–H and O–H groups in total. The van der Waals surface area contributed by atoms with Gasteiger partial charge in [0.2, 0.25) is 40.7 Å². The van der Waals surface area contributed by atoms with E-state index < -0.39 is 40.8 Å². The second-order valence-electron chi connectivity index (χ2n) is 3.98. The van der Waals surface area contributed by atoms with Gasteiger partial charge in [-0.1, -0.05) is 0 Å². The summed E-state index contributed by atoms with van der Waals surface area (Å²) in [6.45, 7) is 2.25. The summed E-state index contributed by atoms with van der Waals surface area (Å²) in [5, 5.41) is 0. The maximum Gasteiger partial charge on any atom is 0.308 e. The normalized spacial score (nSPS) is 9.87. The van der Waals surface area contributed by atoms with Crippen molar-refractivity contribution in [2.24, 2.45) is 0 Å². The molecule has 0 aliphatic heterocycles. The topological polar surface area (TPSA) is 61.2 Å². The van der Waals surface area contributed by atoms with Crippen LogP contribution in [0.3, 0.4) is 0 Å². The Kier molecular flexibility index (Phi) is 5.94. The SMILES string of the molecule is CC(=O)Oc1c(F)c(F)c(F)c(F)c1F.CC(=O)n1ccnc1. The number of halogens is 5. The van der Waals surface area contributed by atoms with E-state index in [1.54, 1.807) is 12.4 Å². The lowest BCUT2D eigenvalue weighted by Gasteiger charge is -2.06. The molecule has 1 aromatic heterocycles. The van der Waals surface area contributed by atoms with Crippen LogP contribution in [0.1, 0.15) is 18.6 Å². The zero-order chi connectivity index (χ0) is 17.7. The van der Waals surface area contributed by atoms with Gasteiger partial charge in [-0.05, 0) is 0 Å². The van der Waals surface area contributed by atoms with E-state index in [2.05, 4.69) is 9.72 Å². The van der Waals surface area contributed by atoms with Crippen molar-refractivity contribution in [1.29, 1.82) is 0 Å². The summed E-state index contributed by atoms with van der Waals surface area (Å²) in [6, 6.07) is 0. The number of carbonyl (C=O) groups excluding carboxylic acids is 2. The van der Waals surface area contributed by atoms with E-state index >= 15 is 0 Å². The fraction of sp³-hybridized carbons (Fsp3) is 0.154. The van der Waals surface area contributed by atoms with Crippen LogP contribution in [0.2, 0.25) is 0 Å². The molecule has 0 bridgehead atoms. The molecule has 0 saturated heterocycles. The Morgan fingerprint density at radius 2 is 1.43 bits per heavy atom. The summed E-state index contributed by atoms with van der Waals surface area (Å²) in [5.74, 6) is -13.8. The first kappa shape index (κ1) is 18.3. The van der Waals surface area contributed by atoms with Gasteiger partial charge >= 0.3 is 5.97 Å². The predicted molar refractivity (Wildman–Crippen MR) is 66.1 cm³/mol. The average Bonchev–Trinajstić information content (AvgIpc) is 3.03. The van der Waals surface area contributed by atoms with Crippen molar-refractivity contribution in [3.05, 3.63) is 47.8 Å². The van der Waals surface area contributed by atoms with Gasteiger partial charge in [0.25, 0.3) is 0 Å². The molecule has 124 valence electrons. The first-order valence-corrected chi connectivity index (χ1v) is 5.85. The van der Waals surface area contributed by atoms with Gasteiger partial charge in [-0.2, -0.15) is 8.78 Å². The van der Waals surface area contributed by atoms with Crippen LogP contribution in [0.15, 0.2) is 18.7 Å². The lowest BCUT2D eigenvalue weighted by Crippen LogP contribution is -2.10. The number of aromatic nitrogens is 2. The van der Waals surface area contributed by atoms with Crippen molar-refractivity contribution < 1.29 is 36.3 Å². The van der Waals surface area contributed by atoms with E-state index in [9.17, 15) is 31.5 Å². The van der Waals surface area contributed by atoms with Gasteiger partial charge in [-0.15, -0.1) is 0 Å². The minimum Gasteiger partial charge on any atom is -0.420 e. The van der Waals surface area contributed by atoms with Gasteiger partial charge in [0.15, 0.2) is 0 Å². The van der Waals surface area contributed by atoms with Crippen LogP contribution in [0.4, 0.5) is 22.0 Å². The van der Waals surface area contributed by atoms with Gasteiger partial charge in [-0.3, -0.25) is 14.2 Å². The second-order valence-corrected chi connectivity index (χ2v) is 3.98. The molecule has 0 amide bonds. The van der Waals surface area contributed by atoms with E-state index in [1.807, 2.05) is 0 Å². The highest BCUT2D eigenvalue weighted by atomic mass is 19.2. The van der Waals surface area contributed by atoms with Crippen molar-refractivity contribution in [2.75, 3.05) is 0 Å². The monoisotopic (exact) mass is 336 g/mol. The Labute approximate surface area is 126 Å². The predicted octanol–water partition coefficient (Wildman–Crippen LogP) is 2.85. The number of ether oxygens (including phenoxy) is 1. The molecule has 0 fully saturated rings. The van der Waals surface area contributed by atoms with Crippen molar-refractivity contribution >= 4 is 11.9 Å². The van der Waals surface area contributed by atoms with Gasteiger partial charge in [0.05, 0.1) is 0 Å². The summed E-state index contributed by atoms with van der Waals surface area (Å²) in [6.07, 6.45) is 4.66. The number of hydrogen-bond donors (Lipinski definition) is 0. The van der Waals surface area contributed by atoms with Crippen molar-refractivity contribution in [1.82, 2.24) is 9.55 Å². The molecule has 0 spiro atoms. The van der Waals surface area contributed by atoms with Crippen LogP contribution in [0.5, 0.6) is 5.75 Å². The molecule has 0 atom stereocenters. The summed E-state index contributed by atoms with van der Waals surface area (Å²) in [7, 11) is 0. The fourth-order valence-corrected chi connectivity index (χ4v) is 1.26. The van der Waals surface area contributed by atoms with Gasteiger partial charge in [0.1, 0.15) is 6.33 Å². The lowest BCUT2D eigenvalue weighted by atomic mass is 10.2. The zero-order valence-corrected chi connectivity index (χ0v) is 11.7. The second kappa shape index (κ2) is 7.47. The van der Waals surface area contributed by atoms with Crippen LogP contribution >= 0.6 is 0 Å². The molecule has 0 unspecified atom stereocenters. The van der Waals surface area contributed by atoms with E-state index in [-0.39, 0.29) is 5.91 Å². The number of nitrogens with zero attached hydrogens (tertiary/aromatic N) is 2. The first-order chi connectivity index (χ1) is 10.7. The molecular formula is C13H9F5N2O3. The molecule has 2 aromatic rings. The highest BCUT2D eigenvalue weighted by Crippen LogP contribution is 2.28. The quantitative estimate of drug-likeness (QED) is 0.264. The summed E-state index contributed by atoms with van der Waals surface area (Å²) in [4.78, 5) is 24.4. The standard InChI is InChI=1S/C8H3F5O2.C5H6N2O/c1-2(14)15-8-6(12)4(10)3(9)5(11)7(8)13;1-5(8)7-3-2-6-4-7/h1H3;2-4H,1H3. The Balaban J connectivity index is 0.000000277. The average molecular weight is 336 g/mol. The molecular weight excluding hydrogens is 327 g/mol. The van der Waals surface area contributed by atoms with Crippen molar-refractivity contribution in [3.8, 4) is 5.75 Å². The molecule has 2 rings (SSSR count). The number of esters is 1. The van der Waals surface area contributed by atoms with E-state index in [0.29, 0.717) is 0 Å². The van der Waals surface area contributed by atoms with Crippen LogP contribution in [0.25, 0.3) is 0 Å². The minimum atomic E-state index is -2.30. The van der Waals surface area contributed by atoms with Gasteiger partial charge in [0, 0.05) is 26.2 Å². The first-order valence-electron chi connectivity index (χ1n) is 5.85. The van der Waals surface area contributed by atoms with Gasteiger partial charge < -0.3 is 4.74 Å². The molecule has 0 aliphatic carbocycles. The Hall–Kier alpha value is -2.78. The molecule has 1 aromatic carbocycles.